The lowest BCUT2D eigenvalue weighted by Gasteiger charge is -2.04. The van der Waals surface area contributed by atoms with Crippen LogP contribution in [-0.2, 0) is 17.8 Å². The first-order valence-corrected chi connectivity index (χ1v) is 6.18. The monoisotopic (exact) mass is 276 g/mol. The summed E-state index contributed by atoms with van der Waals surface area (Å²) in [5, 5.41) is 15.2. The predicted octanol–water partition coefficient (Wildman–Crippen LogP) is 1.61. The second-order valence-electron chi connectivity index (χ2n) is 4.24. The van der Waals surface area contributed by atoms with E-state index in [2.05, 4.69) is 10.5 Å². The number of carbonyl (C=O) groups excluding carboxylic acids is 1. The largest absolute Gasteiger partial charge is 0.396 e. The van der Waals surface area contributed by atoms with E-state index in [9.17, 15) is 4.79 Å². The molecule has 0 radical (unpaired) electrons. The highest BCUT2D eigenvalue weighted by molar-refractivity contribution is 6.02. The number of rotatable bonds is 6. The van der Waals surface area contributed by atoms with Gasteiger partial charge in [-0.25, -0.2) is 0 Å². The minimum Gasteiger partial charge on any atom is -0.396 e. The molecule has 0 aliphatic rings. The Hall–Kier alpha value is -2.18. The number of hydrogen-bond acceptors (Lipinski definition) is 5. The van der Waals surface area contributed by atoms with Crippen molar-refractivity contribution in [2.24, 2.45) is 0 Å². The van der Waals surface area contributed by atoms with Gasteiger partial charge in [-0.3, -0.25) is 4.79 Å². The molecule has 1 aromatic carbocycles. The minimum atomic E-state index is -0.342. The molecule has 1 aromatic heterocycles. The van der Waals surface area contributed by atoms with Crippen LogP contribution in [0.4, 0.5) is 5.69 Å². The molecule has 0 bridgehead atoms. The van der Waals surface area contributed by atoms with Crippen LogP contribution in [0.3, 0.4) is 0 Å². The van der Waals surface area contributed by atoms with Gasteiger partial charge in [-0.05, 0) is 24.1 Å². The molecule has 2 N–H and O–H groups in total. The summed E-state index contributed by atoms with van der Waals surface area (Å²) in [4.78, 5) is 11.9. The summed E-state index contributed by atoms with van der Waals surface area (Å²) in [7, 11) is 1.54. The predicted molar refractivity (Wildman–Crippen MR) is 72.4 cm³/mol. The molecule has 2 aromatic rings. The molecule has 2 rings (SSSR count). The number of anilines is 1. The molecule has 0 unspecified atom stereocenters. The van der Waals surface area contributed by atoms with Gasteiger partial charge in [0.2, 0.25) is 0 Å². The van der Waals surface area contributed by atoms with Crippen LogP contribution < -0.4 is 5.32 Å². The maximum atomic E-state index is 11.9. The van der Waals surface area contributed by atoms with Gasteiger partial charge < -0.3 is 19.7 Å². The number of nitrogens with one attached hydrogen (secondary N) is 1. The Labute approximate surface area is 116 Å². The lowest BCUT2D eigenvalue weighted by Crippen LogP contribution is -2.12. The number of aliphatic hydroxyl groups excluding tert-OH is 1. The van der Waals surface area contributed by atoms with Crippen molar-refractivity contribution in [2.75, 3.05) is 19.0 Å². The van der Waals surface area contributed by atoms with Crippen molar-refractivity contribution in [3.63, 3.8) is 0 Å². The van der Waals surface area contributed by atoms with Gasteiger partial charge >= 0.3 is 0 Å². The number of nitrogens with zero attached hydrogens (tertiary/aromatic N) is 1. The molecule has 6 nitrogen and oxygen atoms in total. The summed E-state index contributed by atoms with van der Waals surface area (Å²) >= 11 is 0. The SMILES string of the molecule is COCc1cc(C(=O)Nc2ccc(CCO)cc2)no1. The van der Waals surface area contributed by atoms with Crippen LogP contribution in [0.1, 0.15) is 21.8 Å². The highest BCUT2D eigenvalue weighted by atomic mass is 16.5. The second-order valence-corrected chi connectivity index (χ2v) is 4.24. The van der Waals surface area contributed by atoms with E-state index in [1.54, 1.807) is 18.2 Å². The molecule has 0 spiro atoms. The summed E-state index contributed by atoms with van der Waals surface area (Å²) in [5.41, 5.74) is 1.87. The number of amides is 1. The summed E-state index contributed by atoms with van der Waals surface area (Å²) in [5.74, 6) is 0.155. The summed E-state index contributed by atoms with van der Waals surface area (Å²) in [6.07, 6.45) is 0.595. The van der Waals surface area contributed by atoms with Crippen molar-refractivity contribution in [3.05, 3.63) is 47.3 Å². The lowest BCUT2D eigenvalue weighted by molar-refractivity contribution is 0.101. The fourth-order valence-corrected chi connectivity index (χ4v) is 1.71. The number of carbonyl (C=O) groups is 1. The zero-order valence-electron chi connectivity index (χ0n) is 11.1. The van der Waals surface area contributed by atoms with Gasteiger partial charge in [-0.1, -0.05) is 17.3 Å². The maximum Gasteiger partial charge on any atom is 0.277 e. The standard InChI is InChI=1S/C14H16N2O4/c1-19-9-12-8-13(16-20-12)14(18)15-11-4-2-10(3-5-11)6-7-17/h2-5,8,17H,6-7,9H2,1H3,(H,15,18). The Kier molecular flexibility index (Phi) is 4.86. The first-order chi connectivity index (χ1) is 9.72. The van der Waals surface area contributed by atoms with Gasteiger partial charge in [0.15, 0.2) is 11.5 Å². The average Bonchev–Trinajstić information content (AvgIpc) is 2.90. The van der Waals surface area contributed by atoms with Crippen molar-refractivity contribution in [1.82, 2.24) is 5.16 Å². The van der Waals surface area contributed by atoms with E-state index in [1.165, 1.54) is 7.11 Å². The fourth-order valence-electron chi connectivity index (χ4n) is 1.71. The Morgan fingerprint density at radius 3 is 2.80 bits per heavy atom. The van der Waals surface area contributed by atoms with Gasteiger partial charge in [0.05, 0.1) is 0 Å². The third-order valence-electron chi connectivity index (χ3n) is 2.69. The lowest BCUT2D eigenvalue weighted by atomic mass is 10.1. The van der Waals surface area contributed by atoms with Crippen molar-refractivity contribution in [3.8, 4) is 0 Å². The molecule has 0 aliphatic heterocycles. The summed E-state index contributed by atoms with van der Waals surface area (Å²) < 4.78 is 9.84. The number of aliphatic hydroxyl groups is 1. The van der Waals surface area contributed by atoms with Crippen LogP contribution in [0.25, 0.3) is 0 Å². The molecular formula is C14H16N2O4. The Bertz CT molecular complexity index is 563. The van der Waals surface area contributed by atoms with Crippen LogP contribution in [0, 0.1) is 0 Å². The average molecular weight is 276 g/mol. The molecule has 0 aliphatic carbocycles. The zero-order valence-corrected chi connectivity index (χ0v) is 11.1. The van der Waals surface area contributed by atoms with E-state index in [4.69, 9.17) is 14.4 Å². The fraction of sp³-hybridized carbons (Fsp3) is 0.286. The summed E-state index contributed by atoms with van der Waals surface area (Å²) in [6, 6.07) is 8.80. The number of ether oxygens (including phenoxy) is 1. The quantitative estimate of drug-likeness (QED) is 0.837. The molecule has 1 amide bonds. The number of benzene rings is 1. The molecule has 0 saturated heterocycles. The third kappa shape index (κ3) is 3.66. The second kappa shape index (κ2) is 6.83. The number of hydrogen-bond donors (Lipinski definition) is 2. The van der Waals surface area contributed by atoms with Crippen molar-refractivity contribution in [2.45, 2.75) is 13.0 Å². The number of aromatic nitrogens is 1. The third-order valence-corrected chi connectivity index (χ3v) is 2.69. The van der Waals surface area contributed by atoms with Gasteiger partial charge in [-0.15, -0.1) is 0 Å². The van der Waals surface area contributed by atoms with E-state index < -0.39 is 0 Å². The molecule has 1 heterocycles. The van der Waals surface area contributed by atoms with Crippen LogP contribution >= 0.6 is 0 Å². The van der Waals surface area contributed by atoms with Gasteiger partial charge in [0, 0.05) is 25.5 Å². The van der Waals surface area contributed by atoms with Crippen LogP contribution in [0.2, 0.25) is 0 Å². The highest BCUT2D eigenvalue weighted by Crippen LogP contribution is 2.12. The van der Waals surface area contributed by atoms with Crippen molar-refractivity contribution >= 4 is 11.6 Å². The molecule has 106 valence electrons. The van der Waals surface area contributed by atoms with Crippen LogP contribution in [-0.4, -0.2) is 29.9 Å². The normalized spacial score (nSPS) is 10.5. The smallest absolute Gasteiger partial charge is 0.277 e. The zero-order chi connectivity index (χ0) is 14.4. The van der Waals surface area contributed by atoms with Crippen molar-refractivity contribution in [1.29, 1.82) is 0 Å². The molecule has 0 atom stereocenters. The topological polar surface area (TPSA) is 84.6 Å². The molecule has 20 heavy (non-hydrogen) atoms. The Morgan fingerprint density at radius 2 is 2.15 bits per heavy atom. The molecular weight excluding hydrogens is 260 g/mol. The Morgan fingerprint density at radius 1 is 1.40 bits per heavy atom. The van der Waals surface area contributed by atoms with Crippen LogP contribution in [0.15, 0.2) is 34.9 Å². The first kappa shape index (κ1) is 14.2. The number of methoxy groups -OCH3 is 1. The maximum absolute atomic E-state index is 11.9. The van der Waals surface area contributed by atoms with Gasteiger partial charge in [0.1, 0.15) is 6.61 Å². The van der Waals surface area contributed by atoms with E-state index in [0.29, 0.717) is 17.9 Å². The summed E-state index contributed by atoms with van der Waals surface area (Å²) in [6.45, 7) is 0.378. The first-order valence-electron chi connectivity index (χ1n) is 6.18. The molecule has 0 fully saturated rings. The van der Waals surface area contributed by atoms with Crippen molar-refractivity contribution < 1.29 is 19.2 Å². The van der Waals surface area contributed by atoms with Gasteiger partial charge in [0.25, 0.3) is 5.91 Å². The Balaban J connectivity index is 1.99. The molecule has 0 saturated carbocycles. The minimum absolute atomic E-state index is 0.104. The molecule has 6 heteroatoms. The van der Waals surface area contributed by atoms with Crippen LogP contribution in [0.5, 0.6) is 0 Å². The highest BCUT2D eigenvalue weighted by Gasteiger charge is 2.12. The van der Waals surface area contributed by atoms with Gasteiger partial charge in [-0.2, -0.15) is 0 Å². The van der Waals surface area contributed by atoms with E-state index in [-0.39, 0.29) is 24.8 Å². The van der Waals surface area contributed by atoms with E-state index >= 15 is 0 Å². The van der Waals surface area contributed by atoms with E-state index in [1.807, 2.05) is 12.1 Å². The van der Waals surface area contributed by atoms with E-state index in [0.717, 1.165) is 5.56 Å².